The summed E-state index contributed by atoms with van der Waals surface area (Å²) >= 11 is 5.39. The topological polar surface area (TPSA) is 41.9 Å². The number of aryl methyl sites for hydroxylation is 2. The van der Waals surface area contributed by atoms with Gasteiger partial charge in [0.1, 0.15) is 0 Å². The Balaban J connectivity index is 1.60. The number of anilines is 2. The van der Waals surface area contributed by atoms with Crippen LogP contribution >= 0.6 is 12.2 Å². The zero-order chi connectivity index (χ0) is 16.9. The van der Waals surface area contributed by atoms with Crippen LogP contribution in [-0.4, -0.2) is 14.9 Å². The van der Waals surface area contributed by atoms with E-state index in [1.165, 1.54) is 16.7 Å². The third kappa shape index (κ3) is 4.43. The molecule has 2 aromatic carbocycles. The average molecular weight is 336 g/mol. The van der Waals surface area contributed by atoms with Crippen molar-refractivity contribution >= 4 is 28.7 Å². The van der Waals surface area contributed by atoms with Crippen LogP contribution in [0.1, 0.15) is 16.7 Å². The molecule has 0 aliphatic carbocycles. The summed E-state index contributed by atoms with van der Waals surface area (Å²) in [5.41, 5.74) is 5.57. The minimum atomic E-state index is 0.583. The van der Waals surface area contributed by atoms with Crippen molar-refractivity contribution in [1.29, 1.82) is 0 Å². The van der Waals surface area contributed by atoms with Gasteiger partial charge < -0.3 is 10.6 Å². The molecule has 0 saturated heterocycles. The molecule has 0 fully saturated rings. The first-order valence-electron chi connectivity index (χ1n) is 7.81. The number of rotatable bonds is 4. The highest BCUT2D eigenvalue weighted by Crippen LogP contribution is 2.15. The van der Waals surface area contributed by atoms with E-state index < -0.39 is 0 Å². The molecule has 1 heterocycles. The molecule has 2 N–H and O–H groups in total. The average Bonchev–Trinajstić information content (AvgIpc) is 3.01. The van der Waals surface area contributed by atoms with Gasteiger partial charge in [-0.1, -0.05) is 18.2 Å². The summed E-state index contributed by atoms with van der Waals surface area (Å²) in [5, 5.41) is 11.2. The highest BCUT2D eigenvalue weighted by Gasteiger charge is 2.01. The molecule has 4 nitrogen and oxygen atoms in total. The van der Waals surface area contributed by atoms with Gasteiger partial charge in [-0.3, -0.25) is 4.68 Å². The lowest BCUT2D eigenvalue weighted by Crippen LogP contribution is -2.19. The summed E-state index contributed by atoms with van der Waals surface area (Å²) in [6, 6.07) is 16.4. The Bertz CT molecular complexity index is 803. The monoisotopic (exact) mass is 336 g/mol. The molecule has 0 atom stereocenters. The molecule has 5 heteroatoms. The molecule has 0 aliphatic rings. The molecular weight excluding hydrogens is 316 g/mol. The van der Waals surface area contributed by atoms with Gasteiger partial charge in [-0.15, -0.1) is 0 Å². The van der Waals surface area contributed by atoms with Crippen molar-refractivity contribution in [2.75, 3.05) is 10.6 Å². The lowest BCUT2D eigenvalue weighted by atomic mass is 10.1. The van der Waals surface area contributed by atoms with Crippen molar-refractivity contribution in [1.82, 2.24) is 9.78 Å². The smallest absolute Gasteiger partial charge is 0.175 e. The van der Waals surface area contributed by atoms with Crippen LogP contribution in [0.4, 0.5) is 11.4 Å². The highest BCUT2D eigenvalue weighted by molar-refractivity contribution is 7.80. The molecular formula is C19H20N4S. The summed E-state index contributed by atoms with van der Waals surface area (Å²) in [7, 11) is 0. The van der Waals surface area contributed by atoms with Gasteiger partial charge in [0.15, 0.2) is 5.11 Å². The standard InChI is InChI=1S/C19H20N4S/c1-14-10-15(2)12-18(11-14)22-19(24)21-17-6-4-16(5-7-17)13-23-9-3-8-20-23/h3-12H,13H2,1-2H3,(H2,21,22,24). The van der Waals surface area contributed by atoms with E-state index in [2.05, 4.69) is 59.9 Å². The van der Waals surface area contributed by atoms with Crippen molar-refractivity contribution in [3.63, 3.8) is 0 Å². The zero-order valence-corrected chi connectivity index (χ0v) is 14.6. The fraction of sp³-hybridized carbons (Fsp3) is 0.158. The van der Waals surface area contributed by atoms with Crippen LogP contribution in [-0.2, 0) is 6.54 Å². The van der Waals surface area contributed by atoms with E-state index in [0.29, 0.717) is 5.11 Å². The van der Waals surface area contributed by atoms with Gasteiger partial charge in [-0.2, -0.15) is 5.10 Å². The Kier molecular flexibility index (Phi) is 4.91. The van der Waals surface area contributed by atoms with E-state index in [-0.39, 0.29) is 0 Å². The first-order chi connectivity index (χ1) is 11.6. The van der Waals surface area contributed by atoms with Gasteiger partial charge in [0.2, 0.25) is 0 Å². The molecule has 0 saturated carbocycles. The SMILES string of the molecule is Cc1cc(C)cc(NC(=S)Nc2ccc(Cn3cccn3)cc2)c1. The number of aromatic nitrogens is 2. The van der Waals surface area contributed by atoms with Crippen LogP contribution in [0.15, 0.2) is 60.9 Å². The van der Waals surface area contributed by atoms with Crippen molar-refractivity contribution in [3.8, 4) is 0 Å². The van der Waals surface area contributed by atoms with Gasteiger partial charge >= 0.3 is 0 Å². The number of thiocarbonyl (C=S) groups is 1. The fourth-order valence-corrected chi connectivity index (χ4v) is 2.85. The Morgan fingerprint density at radius 2 is 1.67 bits per heavy atom. The Labute approximate surface area is 147 Å². The second-order valence-electron chi connectivity index (χ2n) is 5.86. The van der Waals surface area contributed by atoms with Crippen LogP contribution in [0.5, 0.6) is 0 Å². The third-order valence-corrected chi connectivity index (χ3v) is 3.80. The number of hydrogen-bond acceptors (Lipinski definition) is 2. The molecule has 122 valence electrons. The second-order valence-corrected chi connectivity index (χ2v) is 6.26. The third-order valence-electron chi connectivity index (χ3n) is 3.60. The second kappa shape index (κ2) is 7.27. The van der Waals surface area contributed by atoms with Crippen LogP contribution < -0.4 is 10.6 Å². The molecule has 3 rings (SSSR count). The quantitative estimate of drug-likeness (QED) is 0.695. The molecule has 3 aromatic rings. The number of nitrogens with zero attached hydrogens (tertiary/aromatic N) is 2. The maximum atomic E-state index is 5.39. The summed E-state index contributed by atoms with van der Waals surface area (Å²) < 4.78 is 1.90. The van der Waals surface area contributed by atoms with E-state index in [1.54, 1.807) is 6.20 Å². The molecule has 1 aromatic heterocycles. The molecule has 0 spiro atoms. The van der Waals surface area contributed by atoms with E-state index >= 15 is 0 Å². The summed E-state index contributed by atoms with van der Waals surface area (Å²) in [4.78, 5) is 0. The maximum absolute atomic E-state index is 5.39. The molecule has 0 bridgehead atoms. The molecule has 0 radical (unpaired) electrons. The van der Waals surface area contributed by atoms with Crippen LogP contribution in [0.2, 0.25) is 0 Å². The number of benzene rings is 2. The first kappa shape index (κ1) is 16.2. The van der Waals surface area contributed by atoms with Gasteiger partial charge in [0.05, 0.1) is 6.54 Å². The van der Waals surface area contributed by atoms with Crippen molar-refractivity contribution in [2.24, 2.45) is 0 Å². The molecule has 0 amide bonds. The molecule has 0 unspecified atom stereocenters. The number of nitrogens with one attached hydrogen (secondary N) is 2. The van der Waals surface area contributed by atoms with Gasteiger partial charge in [-0.25, -0.2) is 0 Å². The normalized spacial score (nSPS) is 10.4. The predicted molar refractivity (Wildman–Crippen MR) is 104 cm³/mol. The van der Waals surface area contributed by atoms with Crippen LogP contribution in [0, 0.1) is 13.8 Å². The van der Waals surface area contributed by atoms with Crippen LogP contribution in [0.3, 0.4) is 0 Å². The molecule has 24 heavy (non-hydrogen) atoms. The maximum Gasteiger partial charge on any atom is 0.175 e. The Hall–Kier alpha value is -2.66. The molecule has 0 aliphatic heterocycles. The summed E-state index contributed by atoms with van der Waals surface area (Å²) in [6.45, 7) is 4.92. The van der Waals surface area contributed by atoms with Crippen molar-refractivity contribution < 1.29 is 0 Å². The predicted octanol–water partition coefficient (Wildman–Crippen LogP) is 4.36. The zero-order valence-electron chi connectivity index (χ0n) is 13.8. The van der Waals surface area contributed by atoms with E-state index in [9.17, 15) is 0 Å². The highest BCUT2D eigenvalue weighted by atomic mass is 32.1. The van der Waals surface area contributed by atoms with Crippen molar-refractivity contribution in [2.45, 2.75) is 20.4 Å². The van der Waals surface area contributed by atoms with Gasteiger partial charge in [-0.05, 0) is 73.1 Å². The summed E-state index contributed by atoms with van der Waals surface area (Å²) in [6.07, 6.45) is 3.74. The van der Waals surface area contributed by atoms with E-state index in [0.717, 1.165) is 17.9 Å². The Morgan fingerprint density at radius 3 is 2.29 bits per heavy atom. The minimum absolute atomic E-state index is 0.583. The first-order valence-corrected chi connectivity index (χ1v) is 8.22. The van der Waals surface area contributed by atoms with E-state index in [1.807, 2.05) is 29.1 Å². The lowest BCUT2D eigenvalue weighted by Gasteiger charge is -2.12. The van der Waals surface area contributed by atoms with Gasteiger partial charge in [0, 0.05) is 23.8 Å². The largest absolute Gasteiger partial charge is 0.332 e. The van der Waals surface area contributed by atoms with Gasteiger partial charge in [0.25, 0.3) is 0 Å². The fourth-order valence-electron chi connectivity index (χ4n) is 2.61. The van der Waals surface area contributed by atoms with Crippen molar-refractivity contribution in [3.05, 3.63) is 77.6 Å². The van der Waals surface area contributed by atoms with Crippen LogP contribution in [0.25, 0.3) is 0 Å². The lowest BCUT2D eigenvalue weighted by molar-refractivity contribution is 0.687. The summed E-state index contributed by atoms with van der Waals surface area (Å²) in [5.74, 6) is 0. The minimum Gasteiger partial charge on any atom is -0.332 e. The number of hydrogen-bond donors (Lipinski definition) is 2. The Morgan fingerprint density at radius 1 is 1.00 bits per heavy atom. The van der Waals surface area contributed by atoms with E-state index in [4.69, 9.17) is 12.2 Å².